The number of carbonyl (C=O) groups excluding carboxylic acids is 1. The van der Waals surface area contributed by atoms with Gasteiger partial charge in [-0.25, -0.2) is 4.79 Å². The molecule has 0 unspecified atom stereocenters. The summed E-state index contributed by atoms with van der Waals surface area (Å²) in [5.41, 5.74) is 2.53. The van der Waals surface area contributed by atoms with Gasteiger partial charge in [-0.05, 0) is 61.4 Å². The van der Waals surface area contributed by atoms with E-state index in [-0.39, 0.29) is 5.97 Å². The lowest BCUT2D eigenvalue weighted by atomic mass is 10.1. The monoisotopic (exact) mass is 359 g/mol. The van der Waals surface area contributed by atoms with Gasteiger partial charge in [0.05, 0.1) is 13.7 Å². The first kappa shape index (κ1) is 18.9. The average molecular weight is 360 g/mol. The average Bonchev–Trinajstić information content (AvgIpc) is 2.63. The highest BCUT2D eigenvalue weighted by molar-refractivity contribution is 6.30. The van der Waals surface area contributed by atoms with Crippen LogP contribution in [0.5, 0.6) is 5.75 Å². The van der Waals surface area contributed by atoms with E-state index in [0.717, 1.165) is 35.0 Å². The van der Waals surface area contributed by atoms with Crippen molar-refractivity contribution in [2.75, 3.05) is 25.6 Å². The van der Waals surface area contributed by atoms with Crippen LogP contribution in [0.1, 0.15) is 18.9 Å². The quantitative estimate of drug-likeness (QED) is 0.418. The molecule has 2 rings (SSSR count). The standard InChI is InChI=1S/C20H22ClNO3/c1-15(20(23)24-2)14-16-4-10-19(11-5-16)25-13-3-12-22-18-8-6-17(21)7-9-18/h4-11,14,22H,3,12-13H2,1-2H3/b15-14+. The van der Waals surface area contributed by atoms with Crippen molar-refractivity contribution in [3.63, 3.8) is 0 Å². The number of carbonyl (C=O) groups is 1. The maximum absolute atomic E-state index is 11.4. The molecule has 0 atom stereocenters. The molecule has 5 heteroatoms. The highest BCUT2D eigenvalue weighted by Crippen LogP contribution is 2.16. The van der Waals surface area contributed by atoms with E-state index in [1.807, 2.05) is 48.5 Å². The van der Waals surface area contributed by atoms with Gasteiger partial charge in [0, 0.05) is 22.8 Å². The van der Waals surface area contributed by atoms with Gasteiger partial charge in [0.2, 0.25) is 0 Å². The number of methoxy groups -OCH3 is 1. The van der Waals surface area contributed by atoms with E-state index in [2.05, 4.69) is 10.1 Å². The van der Waals surface area contributed by atoms with Crippen molar-refractivity contribution >= 4 is 29.3 Å². The highest BCUT2D eigenvalue weighted by atomic mass is 35.5. The first-order valence-electron chi connectivity index (χ1n) is 8.07. The molecule has 0 aliphatic heterocycles. The number of nitrogens with one attached hydrogen (secondary N) is 1. The Morgan fingerprint density at radius 1 is 1.12 bits per heavy atom. The third-order valence-corrected chi connectivity index (χ3v) is 3.79. The van der Waals surface area contributed by atoms with Crippen LogP contribution in [0.15, 0.2) is 54.1 Å². The fraction of sp³-hybridized carbons (Fsp3) is 0.250. The number of benzene rings is 2. The molecule has 4 nitrogen and oxygen atoms in total. The van der Waals surface area contributed by atoms with Crippen molar-refractivity contribution in [1.29, 1.82) is 0 Å². The second-order valence-corrected chi connectivity index (χ2v) is 5.96. The van der Waals surface area contributed by atoms with Crippen LogP contribution in [0.4, 0.5) is 5.69 Å². The number of esters is 1. The van der Waals surface area contributed by atoms with E-state index in [1.165, 1.54) is 7.11 Å². The van der Waals surface area contributed by atoms with Crippen LogP contribution in [-0.4, -0.2) is 26.2 Å². The molecule has 132 valence electrons. The second kappa shape index (κ2) is 9.74. The van der Waals surface area contributed by atoms with Crippen molar-refractivity contribution in [3.05, 3.63) is 64.7 Å². The fourth-order valence-electron chi connectivity index (χ4n) is 2.19. The SMILES string of the molecule is COC(=O)/C(C)=C/c1ccc(OCCCNc2ccc(Cl)cc2)cc1. The van der Waals surface area contributed by atoms with Crippen molar-refractivity contribution in [1.82, 2.24) is 0 Å². The topological polar surface area (TPSA) is 47.6 Å². The molecule has 0 aromatic heterocycles. The van der Waals surface area contributed by atoms with E-state index >= 15 is 0 Å². The van der Waals surface area contributed by atoms with E-state index in [4.69, 9.17) is 16.3 Å². The van der Waals surface area contributed by atoms with Crippen molar-refractivity contribution in [3.8, 4) is 5.75 Å². The largest absolute Gasteiger partial charge is 0.494 e. The van der Waals surface area contributed by atoms with Gasteiger partial charge in [-0.15, -0.1) is 0 Å². The van der Waals surface area contributed by atoms with Crippen LogP contribution in [-0.2, 0) is 9.53 Å². The van der Waals surface area contributed by atoms with Gasteiger partial charge in [0.15, 0.2) is 0 Å². The molecular formula is C20H22ClNO3. The van der Waals surface area contributed by atoms with Crippen LogP contribution in [0.3, 0.4) is 0 Å². The van der Waals surface area contributed by atoms with Gasteiger partial charge in [-0.2, -0.15) is 0 Å². The molecule has 2 aromatic rings. The summed E-state index contributed by atoms with van der Waals surface area (Å²) >= 11 is 5.85. The Morgan fingerprint density at radius 2 is 1.80 bits per heavy atom. The molecule has 1 N–H and O–H groups in total. The Hall–Kier alpha value is -2.46. The zero-order valence-corrected chi connectivity index (χ0v) is 15.2. The molecular weight excluding hydrogens is 338 g/mol. The third kappa shape index (κ3) is 6.51. The van der Waals surface area contributed by atoms with Crippen LogP contribution in [0.25, 0.3) is 6.08 Å². The lowest BCUT2D eigenvalue weighted by Crippen LogP contribution is -2.07. The van der Waals surface area contributed by atoms with E-state index in [1.54, 1.807) is 13.0 Å². The fourth-order valence-corrected chi connectivity index (χ4v) is 2.32. The summed E-state index contributed by atoms with van der Waals surface area (Å²) in [6.45, 7) is 3.17. The van der Waals surface area contributed by atoms with Crippen LogP contribution in [0, 0.1) is 0 Å². The Bertz CT molecular complexity index is 709. The first-order chi connectivity index (χ1) is 12.1. The van der Waals surface area contributed by atoms with Crippen LogP contribution >= 0.6 is 11.6 Å². The summed E-state index contributed by atoms with van der Waals surface area (Å²) in [4.78, 5) is 11.4. The molecule has 0 radical (unpaired) electrons. The molecule has 0 fully saturated rings. The van der Waals surface area contributed by atoms with Crippen LogP contribution in [0.2, 0.25) is 5.02 Å². The smallest absolute Gasteiger partial charge is 0.333 e. The predicted octanol–water partition coefficient (Wildman–Crippen LogP) is 4.80. The molecule has 0 spiro atoms. The molecule has 25 heavy (non-hydrogen) atoms. The van der Waals surface area contributed by atoms with Gasteiger partial charge in [0.1, 0.15) is 5.75 Å². The molecule has 0 aliphatic rings. The minimum absolute atomic E-state index is 0.325. The molecule has 2 aromatic carbocycles. The Labute approximate surface area is 153 Å². The summed E-state index contributed by atoms with van der Waals surface area (Å²) in [5, 5.41) is 4.05. The summed E-state index contributed by atoms with van der Waals surface area (Å²) in [5.74, 6) is 0.480. The Balaban J connectivity index is 1.72. The van der Waals surface area contributed by atoms with E-state index < -0.39 is 0 Å². The molecule has 0 aliphatic carbocycles. The number of rotatable bonds is 8. The van der Waals surface area contributed by atoms with Crippen molar-refractivity contribution in [2.45, 2.75) is 13.3 Å². The van der Waals surface area contributed by atoms with Crippen molar-refractivity contribution < 1.29 is 14.3 Å². The maximum atomic E-state index is 11.4. The first-order valence-corrected chi connectivity index (χ1v) is 8.45. The zero-order valence-electron chi connectivity index (χ0n) is 14.4. The number of ether oxygens (including phenoxy) is 2. The number of hydrogen-bond donors (Lipinski definition) is 1. The second-order valence-electron chi connectivity index (χ2n) is 5.52. The van der Waals surface area contributed by atoms with Gasteiger partial charge in [0.25, 0.3) is 0 Å². The summed E-state index contributed by atoms with van der Waals surface area (Å²) in [6, 6.07) is 15.2. The Morgan fingerprint density at radius 3 is 2.44 bits per heavy atom. The number of anilines is 1. The predicted molar refractivity (Wildman–Crippen MR) is 102 cm³/mol. The number of halogens is 1. The number of hydrogen-bond acceptors (Lipinski definition) is 4. The third-order valence-electron chi connectivity index (χ3n) is 3.53. The summed E-state index contributed by atoms with van der Waals surface area (Å²) in [7, 11) is 1.37. The minimum atomic E-state index is -0.325. The zero-order chi connectivity index (χ0) is 18.1. The van der Waals surface area contributed by atoms with E-state index in [0.29, 0.717) is 12.2 Å². The molecule has 0 bridgehead atoms. The lowest BCUT2D eigenvalue weighted by molar-refractivity contribution is -0.135. The van der Waals surface area contributed by atoms with Gasteiger partial charge >= 0.3 is 5.97 Å². The molecule has 0 saturated carbocycles. The Kier molecular flexibility index (Phi) is 7.36. The van der Waals surface area contributed by atoms with Crippen LogP contribution < -0.4 is 10.1 Å². The lowest BCUT2D eigenvalue weighted by Gasteiger charge is -2.08. The maximum Gasteiger partial charge on any atom is 0.333 e. The van der Waals surface area contributed by atoms with Crippen molar-refractivity contribution in [2.24, 2.45) is 0 Å². The van der Waals surface area contributed by atoms with Gasteiger partial charge in [-0.3, -0.25) is 0 Å². The van der Waals surface area contributed by atoms with Gasteiger partial charge < -0.3 is 14.8 Å². The van der Waals surface area contributed by atoms with E-state index in [9.17, 15) is 4.79 Å². The molecule has 0 amide bonds. The van der Waals surface area contributed by atoms with Gasteiger partial charge in [-0.1, -0.05) is 23.7 Å². The highest BCUT2D eigenvalue weighted by Gasteiger charge is 2.03. The molecule has 0 saturated heterocycles. The normalized spacial score (nSPS) is 11.1. The minimum Gasteiger partial charge on any atom is -0.494 e. The summed E-state index contributed by atoms with van der Waals surface area (Å²) in [6.07, 6.45) is 2.66. The molecule has 0 heterocycles. The summed E-state index contributed by atoms with van der Waals surface area (Å²) < 4.78 is 10.4.